The summed E-state index contributed by atoms with van der Waals surface area (Å²) in [6.45, 7) is 2.37. The maximum atomic E-state index is 5.57. The first kappa shape index (κ1) is 9.02. The average Bonchev–Trinajstić information content (AvgIpc) is 2.75. The first-order valence-electron chi connectivity index (χ1n) is 4.49. The fourth-order valence-electron chi connectivity index (χ4n) is 1.48. The van der Waals surface area contributed by atoms with Crippen molar-refractivity contribution >= 4 is 0 Å². The van der Waals surface area contributed by atoms with E-state index >= 15 is 0 Å². The van der Waals surface area contributed by atoms with Gasteiger partial charge in [0.25, 0.3) is 0 Å². The molecule has 4 heteroatoms. The van der Waals surface area contributed by atoms with Crippen molar-refractivity contribution in [3.05, 3.63) is 30.1 Å². The van der Waals surface area contributed by atoms with Gasteiger partial charge in [-0.2, -0.15) is 0 Å². The number of hydrogen-bond acceptors (Lipinski definition) is 3. The molecule has 14 heavy (non-hydrogen) atoms. The van der Waals surface area contributed by atoms with E-state index in [0.717, 1.165) is 22.8 Å². The Bertz CT molecular complexity index is 442. The van der Waals surface area contributed by atoms with Gasteiger partial charge >= 0.3 is 0 Å². The third kappa shape index (κ3) is 1.24. The van der Waals surface area contributed by atoms with E-state index in [0.29, 0.717) is 6.54 Å². The molecule has 2 rings (SSSR count). The van der Waals surface area contributed by atoms with Gasteiger partial charge < -0.3 is 14.7 Å². The van der Waals surface area contributed by atoms with Crippen LogP contribution in [0.2, 0.25) is 0 Å². The van der Waals surface area contributed by atoms with Crippen LogP contribution in [0.5, 0.6) is 0 Å². The van der Waals surface area contributed by atoms with Gasteiger partial charge in [0.2, 0.25) is 0 Å². The van der Waals surface area contributed by atoms with Crippen molar-refractivity contribution in [2.45, 2.75) is 13.5 Å². The maximum Gasteiger partial charge on any atom is 0.126 e. The number of nitrogens with zero attached hydrogens (tertiary/aromatic N) is 2. The van der Waals surface area contributed by atoms with Gasteiger partial charge in [-0.05, 0) is 13.0 Å². The van der Waals surface area contributed by atoms with Crippen LogP contribution in [-0.4, -0.2) is 9.55 Å². The minimum absolute atomic E-state index is 0.409. The van der Waals surface area contributed by atoms with E-state index in [2.05, 4.69) is 4.98 Å². The van der Waals surface area contributed by atoms with Crippen LogP contribution in [0, 0.1) is 6.92 Å². The molecule has 0 saturated carbocycles. The van der Waals surface area contributed by atoms with E-state index in [9.17, 15) is 0 Å². The molecule has 2 N–H and O–H groups in total. The van der Waals surface area contributed by atoms with Crippen LogP contribution in [0.15, 0.2) is 22.9 Å². The summed E-state index contributed by atoms with van der Waals surface area (Å²) in [6.07, 6.45) is 3.49. The Hall–Kier alpha value is -1.55. The highest BCUT2D eigenvalue weighted by Crippen LogP contribution is 2.24. The highest BCUT2D eigenvalue weighted by molar-refractivity contribution is 5.61. The zero-order valence-corrected chi connectivity index (χ0v) is 8.32. The van der Waals surface area contributed by atoms with Crippen LogP contribution in [0.1, 0.15) is 11.6 Å². The summed E-state index contributed by atoms with van der Waals surface area (Å²) in [5, 5.41) is 0. The molecular formula is C10H13N3O. The van der Waals surface area contributed by atoms with Crippen LogP contribution in [0.4, 0.5) is 0 Å². The lowest BCUT2D eigenvalue weighted by Crippen LogP contribution is -1.99. The van der Waals surface area contributed by atoms with Crippen LogP contribution < -0.4 is 5.73 Å². The zero-order chi connectivity index (χ0) is 10.1. The number of hydrogen-bond donors (Lipinski definition) is 1. The number of aromatic nitrogens is 2. The SMILES string of the molecule is Cc1ncc(-c2ccoc2CN)n1C. The van der Waals surface area contributed by atoms with Gasteiger partial charge in [0.1, 0.15) is 11.6 Å². The molecule has 2 aromatic heterocycles. The molecule has 74 valence electrons. The Balaban J connectivity index is 2.54. The molecule has 0 unspecified atom stereocenters. The summed E-state index contributed by atoms with van der Waals surface area (Å²) in [4.78, 5) is 4.23. The van der Waals surface area contributed by atoms with Crippen LogP contribution in [0.3, 0.4) is 0 Å². The second-order valence-corrected chi connectivity index (χ2v) is 3.21. The molecule has 0 aliphatic carbocycles. The van der Waals surface area contributed by atoms with E-state index in [4.69, 9.17) is 10.2 Å². The first-order chi connectivity index (χ1) is 6.74. The molecular weight excluding hydrogens is 178 g/mol. The zero-order valence-electron chi connectivity index (χ0n) is 8.32. The number of furan rings is 1. The molecule has 2 heterocycles. The topological polar surface area (TPSA) is 57.0 Å². The van der Waals surface area contributed by atoms with Crippen molar-refractivity contribution in [1.29, 1.82) is 0 Å². The van der Waals surface area contributed by atoms with Crippen molar-refractivity contribution in [2.24, 2.45) is 12.8 Å². The minimum Gasteiger partial charge on any atom is -0.467 e. The smallest absolute Gasteiger partial charge is 0.126 e. The molecule has 0 atom stereocenters. The molecule has 0 bridgehead atoms. The molecule has 4 nitrogen and oxygen atoms in total. The van der Waals surface area contributed by atoms with Crippen LogP contribution in [-0.2, 0) is 13.6 Å². The molecule has 0 fully saturated rings. The lowest BCUT2D eigenvalue weighted by molar-refractivity contribution is 0.513. The second-order valence-electron chi connectivity index (χ2n) is 3.21. The average molecular weight is 191 g/mol. The lowest BCUT2D eigenvalue weighted by atomic mass is 10.2. The van der Waals surface area contributed by atoms with Gasteiger partial charge in [-0.15, -0.1) is 0 Å². The monoisotopic (exact) mass is 191 g/mol. The molecule has 0 saturated heterocycles. The number of aryl methyl sites for hydroxylation is 1. The Labute approximate surface area is 82.4 Å². The third-order valence-electron chi connectivity index (χ3n) is 2.43. The van der Waals surface area contributed by atoms with Gasteiger partial charge in [0.15, 0.2) is 0 Å². The minimum atomic E-state index is 0.409. The lowest BCUT2D eigenvalue weighted by Gasteiger charge is -2.02. The molecule has 0 aliphatic rings. The van der Waals surface area contributed by atoms with Gasteiger partial charge in [-0.3, -0.25) is 0 Å². The Morgan fingerprint density at radius 2 is 2.36 bits per heavy atom. The predicted molar refractivity (Wildman–Crippen MR) is 53.5 cm³/mol. The maximum absolute atomic E-state index is 5.57. The van der Waals surface area contributed by atoms with Crippen LogP contribution in [0.25, 0.3) is 11.3 Å². The normalized spacial score (nSPS) is 10.8. The van der Waals surface area contributed by atoms with Gasteiger partial charge in [-0.25, -0.2) is 4.98 Å². The van der Waals surface area contributed by atoms with E-state index in [1.807, 2.05) is 30.8 Å². The highest BCUT2D eigenvalue weighted by atomic mass is 16.3. The summed E-state index contributed by atoms with van der Waals surface area (Å²) >= 11 is 0. The first-order valence-corrected chi connectivity index (χ1v) is 4.49. The standard InChI is InChI=1S/C10H13N3O/c1-7-12-6-9(13(7)2)8-3-4-14-10(8)5-11/h3-4,6H,5,11H2,1-2H3. The largest absolute Gasteiger partial charge is 0.467 e. The summed E-state index contributed by atoms with van der Waals surface area (Å²) < 4.78 is 7.28. The van der Waals surface area contributed by atoms with Crippen molar-refractivity contribution in [2.75, 3.05) is 0 Å². The number of imidazole rings is 1. The van der Waals surface area contributed by atoms with Gasteiger partial charge in [-0.1, -0.05) is 0 Å². The molecule has 0 aliphatic heterocycles. The highest BCUT2D eigenvalue weighted by Gasteiger charge is 2.11. The molecule has 2 aromatic rings. The summed E-state index contributed by atoms with van der Waals surface area (Å²) in [5.74, 6) is 1.78. The summed E-state index contributed by atoms with van der Waals surface area (Å²) in [5.41, 5.74) is 7.63. The summed E-state index contributed by atoms with van der Waals surface area (Å²) in [7, 11) is 1.98. The molecule has 0 radical (unpaired) electrons. The molecule has 0 aromatic carbocycles. The van der Waals surface area contributed by atoms with E-state index in [1.54, 1.807) is 6.26 Å². The van der Waals surface area contributed by atoms with E-state index in [1.165, 1.54) is 0 Å². The third-order valence-corrected chi connectivity index (χ3v) is 2.43. The second kappa shape index (κ2) is 3.31. The van der Waals surface area contributed by atoms with Gasteiger partial charge in [0, 0.05) is 12.6 Å². The van der Waals surface area contributed by atoms with Crippen molar-refractivity contribution in [3.8, 4) is 11.3 Å². The van der Waals surface area contributed by atoms with Crippen molar-refractivity contribution < 1.29 is 4.42 Å². The van der Waals surface area contributed by atoms with E-state index in [-0.39, 0.29) is 0 Å². The van der Waals surface area contributed by atoms with E-state index < -0.39 is 0 Å². The fraction of sp³-hybridized carbons (Fsp3) is 0.300. The van der Waals surface area contributed by atoms with Crippen molar-refractivity contribution in [3.63, 3.8) is 0 Å². The quantitative estimate of drug-likeness (QED) is 0.781. The van der Waals surface area contributed by atoms with Gasteiger partial charge in [0.05, 0.1) is 24.7 Å². The number of nitrogens with two attached hydrogens (primary N) is 1. The summed E-state index contributed by atoms with van der Waals surface area (Å²) in [6, 6.07) is 1.92. The Morgan fingerprint density at radius 3 is 2.93 bits per heavy atom. The molecule has 0 spiro atoms. The predicted octanol–water partition coefficient (Wildman–Crippen LogP) is 1.45. The Morgan fingerprint density at radius 1 is 1.57 bits per heavy atom. The van der Waals surface area contributed by atoms with Crippen molar-refractivity contribution in [1.82, 2.24) is 9.55 Å². The Kier molecular flexibility index (Phi) is 2.13. The number of rotatable bonds is 2. The fourth-order valence-corrected chi connectivity index (χ4v) is 1.48. The molecule has 0 amide bonds. The van der Waals surface area contributed by atoms with Crippen LogP contribution >= 0.6 is 0 Å².